The summed E-state index contributed by atoms with van der Waals surface area (Å²) in [7, 11) is 0. The highest BCUT2D eigenvalue weighted by Crippen LogP contribution is 2.32. The maximum absolute atomic E-state index is 12.5. The number of nitrogens with one attached hydrogen (secondary N) is 1. The second kappa shape index (κ2) is 8.36. The number of hydrogen-bond acceptors (Lipinski definition) is 6. The number of nitro groups is 1. The van der Waals surface area contributed by atoms with Crippen LogP contribution in [0.15, 0.2) is 57.9 Å². The molecule has 0 bridgehead atoms. The molecule has 1 saturated heterocycles. The van der Waals surface area contributed by atoms with Crippen LogP contribution >= 0.6 is 27.7 Å². The van der Waals surface area contributed by atoms with Gasteiger partial charge >= 0.3 is 0 Å². The van der Waals surface area contributed by atoms with Crippen LogP contribution in [-0.4, -0.2) is 33.4 Å². The van der Waals surface area contributed by atoms with E-state index in [1.807, 2.05) is 6.07 Å². The first-order valence-electron chi connectivity index (χ1n) is 7.89. The summed E-state index contributed by atoms with van der Waals surface area (Å²) in [6.45, 7) is -0.447. The van der Waals surface area contributed by atoms with Crippen LogP contribution < -0.4 is 5.32 Å². The summed E-state index contributed by atoms with van der Waals surface area (Å²) in [5.74, 6) is -1.13. The number of imide groups is 1. The number of rotatable bonds is 5. The Morgan fingerprint density at radius 2 is 1.93 bits per heavy atom. The lowest BCUT2D eigenvalue weighted by atomic mass is 10.2. The average molecular weight is 462 g/mol. The summed E-state index contributed by atoms with van der Waals surface area (Å²) in [6, 6.07) is 12.5. The number of anilines is 1. The maximum atomic E-state index is 12.5. The van der Waals surface area contributed by atoms with Crippen molar-refractivity contribution in [3.8, 4) is 0 Å². The van der Waals surface area contributed by atoms with Gasteiger partial charge in [-0.05, 0) is 47.7 Å². The van der Waals surface area contributed by atoms with E-state index in [1.165, 1.54) is 24.3 Å². The molecule has 0 radical (unpaired) electrons. The summed E-state index contributed by atoms with van der Waals surface area (Å²) in [5, 5.41) is 12.6. The third-order valence-electron chi connectivity index (χ3n) is 3.68. The van der Waals surface area contributed by atoms with Crippen LogP contribution in [0.5, 0.6) is 0 Å². The largest absolute Gasteiger partial charge is 0.325 e. The van der Waals surface area contributed by atoms with E-state index in [0.717, 1.165) is 26.7 Å². The smallest absolute Gasteiger partial charge is 0.294 e. The molecule has 28 heavy (non-hydrogen) atoms. The number of hydrogen-bond donors (Lipinski definition) is 1. The molecule has 3 rings (SSSR count). The van der Waals surface area contributed by atoms with E-state index in [1.54, 1.807) is 24.3 Å². The predicted molar refractivity (Wildman–Crippen MR) is 109 cm³/mol. The van der Waals surface area contributed by atoms with Crippen molar-refractivity contribution in [2.45, 2.75) is 0 Å². The molecule has 2 aromatic rings. The molecular formula is C18H12BrN3O5S. The van der Waals surface area contributed by atoms with E-state index in [2.05, 4.69) is 21.2 Å². The number of nitrogens with zero attached hydrogens (tertiary/aromatic N) is 2. The van der Waals surface area contributed by atoms with Gasteiger partial charge in [0.1, 0.15) is 6.54 Å². The molecule has 0 unspecified atom stereocenters. The molecule has 0 aromatic heterocycles. The summed E-state index contributed by atoms with van der Waals surface area (Å²) >= 11 is 4.10. The molecule has 10 heteroatoms. The summed E-state index contributed by atoms with van der Waals surface area (Å²) in [5.41, 5.74) is 0.962. The first-order valence-corrected chi connectivity index (χ1v) is 9.49. The van der Waals surface area contributed by atoms with Crippen molar-refractivity contribution in [1.82, 2.24) is 4.90 Å². The molecule has 2 aromatic carbocycles. The molecule has 142 valence electrons. The fourth-order valence-electron chi connectivity index (χ4n) is 2.39. The summed E-state index contributed by atoms with van der Waals surface area (Å²) in [4.78, 5) is 47.9. The standard InChI is InChI=1S/C18H12BrN3O5S/c19-12-3-1-2-11(8-12)9-15-17(24)21(18(25)28-15)10-16(23)20-13-4-6-14(7-5-13)22(26)27/h1-9H,10H2,(H,20,23)/b15-9-. The van der Waals surface area contributed by atoms with Crippen molar-refractivity contribution in [2.24, 2.45) is 0 Å². The highest BCUT2D eigenvalue weighted by Gasteiger charge is 2.36. The minimum absolute atomic E-state index is 0.110. The fraction of sp³-hybridized carbons (Fsp3) is 0.0556. The van der Waals surface area contributed by atoms with Crippen LogP contribution in [0.2, 0.25) is 0 Å². The van der Waals surface area contributed by atoms with Crippen molar-refractivity contribution in [1.29, 1.82) is 0 Å². The number of carbonyl (C=O) groups is 3. The van der Waals surface area contributed by atoms with Gasteiger partial charge in [0.25, 0.3) is 16.8 Å². The second-order valence-corrected chi connectivity index (χ2v) is 7.58. The van der Waals surface area contributed by atoms with Gasteiger partial charge in [-0.15, -0.1) is 0 Å². The molecule has 1 heterocycles. The first kappa shape index (κ1) is 19.8. The molecule has 1 N–H and O–H groups in total. The number of amides is 3. The first-order chi connectivity index (χ1) is 13.3. The Kier molecular flexibility index (Phi) is 5.90. The van der Waals surface area contributed by atoms with Crippen LogP contribution in [0.3, 0.4) is 0 Å². The Hall–Kier alpha value is -2.98. The van der Waals surface area contributed by atoms with Crippen LogP contribution in [0.25, 0.3) is 6.08 Å². The topological polar surface area (TPSA) is 110 Å². The van der Waals surface area contributed by atoms with Gasteiger partial charge in [0, 0.05) is 22.3 Å². The van der Waals surface area contributed by atoms with Crippen molar-refractivity contribution in [3.63, 3.8) is 0 Å². The van der Waals surface area contributed by atoms with Crippen molar-refractivity contribution < 1.29 is 19.3 Å². The van der Waals surface area contributed by atoms with Crippen LogP contribution in [0.1, 0.15) is 5.56 Å². The fourth-order valence-corrected chi connectivity index (χ4v) is 3.65. The molecule has 0 atom stereocenters. The Bertz CT molecular complexity index is 1010. The molecular weight excluding hydrogens is 450 g/mol. The van der Waals surface area contributed by atoms with Gasteiger partial charge in [0.05, 0.1) is 9.83 Å². The minimum Gasteiger partial charge on any atom is -0.325 e. The number of halogens is 1. The van der Waals surface area contributed by atoms with E-state index < -0.39 is 28.5 Å². The molecule has 1 aliphatic heterocycles. The normalized spacial score (nSPS) is 15.2. The second-order valence-electron chi connectivity index (χ2n) is 5.68. The zero-order valence-electron chi connectivity index (χ0n) is 14.1. The van der Waals surface area contributed by atoms with Crippen LogP contribution in [0.4, 0.5) is 16.2 Å². The number of benzene rings is 2. The lowest BCUT2D eigenvalue weighted by molar-refractivity contribution is -0.384. The highest BCUT2D eigenvalue weighted by atomic mass is 79.9. The third kappa shape index (κ3) is 4.65. The third-order valence-corrected chi connectivity index (χ3v) is 5.08. The number of nitro benzene ring substituents is 1. The van der Waals surface area contributed by atoms with Crippen molar-refractivity contribution in [3.05, 3.63) is 73.6 Å². The van der Waals surface area contributed by atoms with E-state index >= 15 is 0 Å². The van der Waals surface area contributed by atoms with E-state index in [-0.39, 0.29) is 10.6 Å². The Morgan fingerprint density at radius 1 is 1.21 bits per heavy atom. The quantitative estimate of drug-likeness (QED) is 0.408. The van der Waals surface area contributed by atoms with Gasteiger partial charge in [-0.2, -0.15) is 0 Å². The van der Waals surface area contributed by atoms with Crippen LogP contribution in [-0.2, 0) is 9.59 Å². The molecule has 8 nitrogen and oxygen atoms in total. The lowest BCUT2D eigenvalue weighted by Gasteiger charge is -2.12. The highest BCUT2D eigenvalue weighted by molar-refractivity contribution is 9.10. The van der Waals surface area contributed by atoms with Crippen LogP contribution in [0, 0.1) is 10.1 Å². The Balaban J connectivity index is 1.66. The van der Waals surface area contributed by atoms with Gasteiger partial charge in [-0.25, -0.2) is 0 Å². The van der Waals surface area contributed by atoms with E-state index in [9.17, 15) is 24.5 Å². The van der Waals surface area contributed by atoms with E-state index in [4.69, 9.17) is 0 Å². The van der Waals surface area contributed by atoms with Gasteiger partial charge in [0.2, 0.25) is 5.91 Å². The van der Waals surface area contributed by atoms with Gasteiger partial charge < -0.3 is 5.32 Å². The number of carbonyl (C=O) groups excluding carboxylic acids is 3. The van der Waals surface area contributed by atoms with E-state index in [0.29, 0.717) is 5.69 Å². The predicted octanol–water partition coefficient (Wildman–Crippen LogP) is 4.03. The maximum Gasteiger partial charge on any atom is 0.294 e. The molecule has 1 aliphatic rings. The van der Waals surface area contributed by atoms with Gasteiger partial charge in [-0.3, -0.25) is 29.4 Å². The zero-order valence-corrected chi connectivity index (χ0v) is 16.5. The molecule has 0 spiro atoms. The van der Waals surface area contributed by atoms with Crippen molar-refractivity contribution >= 4 is 62.2 Å². The van der Waals surface area contributed by atoms with Gasteiger partial charge in [-0.1, -0.05) is 28.1 Å². The molecule has 3 amide bonds. The number of non-ortho nitro benzene ring substituents is 1. The monoisotopic (exact) mass is 461 g/mol. The Morgan fingerprint density at radius 3 is 2.57 bits per heavy atom. The van der Waals surface area contributed by atoms with Gasteiger partial charge in [0.15, 0.2) is 0 Å². The lowest BCUT2D eigenvalue weighted by Crippen LogP contribution is -2.36. The molecule has 0 saturated carbocycles. The summed E-state index contributed by atoms with van der Waals surface area (Å²) < 4.78 is 0.836. The SMILES string of the molecule is O=C(CN1C(=O)S/C(=C\c2cccc(Br)c2)C1=O)Nc1ccc([N+](=O)[O-])cc1. The average Bonchev–Trinajstić information content (AvgIpc) is 2.89. The zero-order chi connectivity index (χ0) is 20.3. The summed E-state index contributed by atoms with van der Waals surface area (Å²) in [6.07, 6.45) is 1.59. The number of thioether (sulfide) groups is 1. The Labute approximate surface area is 171 Å². The molecule has 0 aliphatic carbocycles. The minimum atomic E-state index is -0.583. The molecule has 1 fully saturated rings. The van der Waals surface area contributed by atoms with Crippen molar-refractivity contribution in [2.75, 3.05) is 11.9 Å².